The maximum absolute atomic E-state index is 12.2. The van der Waals surface area contributed by atoms with Crippen molar-refractivity contribution in [3.8, 4) is 5.75 Å². The molecule has 0 aliphatic carbocycles. The number of amides is 3. The van der Waals surface area contributed by atoms with Crippen LogP contribution < -0.4 is 15.4 Å². The summed E-state index contributed by atoms with van der Waals surface area (Å²) in [4.78, 5) is 24.9. The number of rotatable bonds is 4. The van der Waals surface area contributed by atoms with Gasteiger partial charge < -0.3 is 20.3 Å². The average Bonchev–Trinajstić information content (AvgIpc) is 2.58. The van der Waals surface area contributed by atoms with Crippen LogP contribution in [0.1, 0.15) is 11.1 Å². The molecule has 0 aliphatic heterocycles. The van der Waals surface area contributed by atoms with Crippen molar-refractivity contribution in [3.05, 3.63) is 59.7 Å². The van der Waals surface area contributed by atoms with E-state index in [2.05, 4.69) is 10.6 Å². The van der Waals surface area contributed by atoms with Gasteiger partial charge in [-0.25, -0.2) is 9.59 Å². The number of urea groups is 1. The van der Waals surface area contributed by atoms with Crippen LogP contribution in [0.2, 0.25) is 0 Å². The fraction of sp³-hybridized carbons (Fsp3) is 0.222. The van der Waals surface area contributed by atoms with Crippen molar-refractivity contribution >= 4 is 17.8 Å². The summed E-state index contributed by atoms with van der Waals surface area (Å²) in [6.07, 6.45) is -0.516. The Balaban J connectivity index is 1.91. The lowest BCUT2D eigenvalue weighted by molar-refractivity contribution is 0.203. The van der Waals surface area contributed by atoms with Crippen molar-refractivity contribution < 1.29 is 14.3 Å². The summed E-state index contributed by atoms with van der Waals surface area (Å²) in [5.41, 5.74) is 2.83. The third-order valence-corrected chi connectivity index (χ3v) is 3.41. The second-order valence-corrected chi connectivity index (χ2v) is 5.44. The van der Waals surface area contributed by atoms with Crippen molar-refractivity contribution in [1.82, 2.24) is 10.2 Å². The van der Waals surface area contributed by atoms with Crippen molar-refractivity contribution in [2.24, 2.45) is 0 Å². The number of hydrogen-bond acceptors (Lipinski definition) is 3. The van der Waals surface area contributed by atoms with E-state index in [4.69, 9.17) is 4.74 Å². The molecule has 6 nitrogen and oxygen atoms in total. The minimum Gasteiger partial charge on any atom is -0.410 e. The van der Waals surface area contributed by atoms with Gasteiger partial charge in [0.1, 0.15) is 5.75 Å². The summed E-state index contributed by atoms with van der Waals surface area (Å²) in [5.74, 6) is 0.449. The highest BCUT2D eigenvalue weighted by Gasteiger charge is 2.10. The summed E-state index contributed by atoms with van der Waals surface area (Å²) in [6, 6.07) is 14.4. The minimum absolute atomic E-state index is 0.190. The molecule has 0 heterocycles. The number of ether oxygens (including phenoxy) is 1. The second-order valence-electron chi connectivity index (χ2n) is 5.44. The lowest BCUT2D eigenvalue weighted by Crippen LogP contribution is -2.30. The van der Waals surface area contributed by atoms with Gasteiger partial charge in [0, 0.05) is 26.3 Å². The van der Waals surface area contributed by atoms with Gasteiger partial charge in [-0.1, -0.05) is 29.8 Å². The molecular formula is C18H21N3O3. The number of carbonyl (C=O) groups is 2. The quantitative estimate of drug-likeness (QED) is 0.904. The van der Waals surface area contributed by atoms with Crippen molar-refractivity contribution in [2.75, 3.05) is 19.4 Å². The number of hydrogen-bond donors (Lipinski definition) is 2. The standard InChI is InChI=1S/C18H21N3O3/c1-13-4-8-15(9-5-13)20-17(22)21(3)12-14-6-10-16(11-7-14)24-18(23)19-2/h4-11H,12H2,1-3H3,(H,19,23)(H,20,22). The Labute approximate surface area is 141 Å². The van der Waals surface area contributed by atoms with Crippen LogP contribution in [-0.4, -0.2) is 31.1 Å². The Morgan fingerprint density at radius 3 is 2.25 bits per heavy atom. The Bertz CT molecular complexity index is 696. The zero-order valence-corrected chi connectivity index (χ0v) is 14.0. The van der Waals surface area contributed by atoms with Gasteiger partial charge in [-0.05, 0) is 36.8 Å². The first-order valence-electron chi connectivity index (χ1n) is 7.55. The molecule has 0 aromatic heterocycles. The van der Waals surface area contributed by atoms with Crippen LogP contribution >= 0.6 is 0 Å². The SMILES string of the molecule is CNC(=O)Oc1ccc(CN(C)C(=O)Nc2ccc(C)cc2)cc1. The largest absolute Gasteiger partial charge is 0.412 e. The Morgan fingerprint density at radius 1 is 1.04 bits per heavy atom. The number of aryl methyl sites for hydroxylation is 1. The van der Waals surface area contributed by atoms with E-state index in [1.165, 1.54) is 7.05 Å². The Morgan fingerprint density at radius 2 is 1.67 bits per heavy atom. The molecule has 0 fully saturated rings. The van der Waals surface area contributed by atoms with Gasteiger partial charge in [-0.3, -0.25) is 0 Å². The van der Waals surface area contributed by atoms with Crippen LogP contribution in [0, 0.1) is 6.92 Å². The lowest BCUT2D eigenvalue weighted by Gasteiger charge is -2.18. The summed E-state index contributed by atoms with van der Waals surface area (Å²) in [5, 5.41) is 5.22. The van der Waals surface area contributed by atoms with Crippen LogP contribution in [0.3, 0.4) is 0 Å². The first kappa shape index (κ1) is 17.3. The lowest BCUT2D eigenvalue weighted by atomic mass is 10.2. The van der Waals surface area contributed by atoms with Crippen LogP contribution in [-0.2, 0) is 6.54 Å². The normalized spacial score (nSPS) is 9.96. The third kappa shape index (κ3) is 5.01. The summed E-state index contributed by atoms with van der Waals surface area (Å²) in [7, 11) is 3.22. The molecule has 0 saturated heterocycles. The van der Waals surface area contributed by atoms with E-state index in [9.17, 15) is 9.59 Å². The molecule has 0 bridgehead atoms. The number of benzene rings is 2. The molecular weight excluding hydrogens is 306 g/mol. The van der Waals surface area contributed by atoms with Gasteiger partial charge in [-0.15, -0.1) is 0 Å². The molecule has 0 atom stereocenters. The molecule has 0 unspecified atom stereocenters. The van der Waals surface area contributed by atoms with E-state index in [0.29, 0.717) is 12.3 Å². The molecule has 2 aromatic carbocycles. The first-order chi connectivity index (χ1) is 11.5. The van der Waals surface area contributed by atoms with Crippen LogP contribution in [0.25, 0.3) is 0 Å². The van der Waals surface area contributed by atoms with E-state index in [-0.39, 0.29) is 6.03 Å². The smallest absolute Gasteiger partial charge is 0.410 e. The molecule has 0 aliphatic rings. The van der Waals surface area contributed by atoms with Crippen LogP contribution in [0.4, 0.5) is 15.3 Å². The summed E-state index contributed by atoms with van der Waals surface area (Å²) >= 11 is 0. The molecule has 2 aromatic rings. The van der Waals surface area contributed by atoms with E-state index in [1.54, 1.807) is 24.1 Å². The molecule has 3 amide bonds. The molecule has 0 radical (unpaired) electrons. The number of nitrogens with one attached hydrogen (secondary N) is 2. The zero-order valence-electron chi connectivity index (χ0n) is 14.0. The van der Waals surface area contributed by atoms with Gasteiger partial charge in [0.25, 0.3) is 0 Å². The highest BCUT2D eigenvalue weighted by Crippen LogP contribution is 2.14. The molecule has 126 valence electrons. The maximum Gasteiger partial charge on any atom is 0.412 e. The summed E-state index contributed by atoms with van der Waals surface area (Å²) < 4.78 is 5.02. The first-order valence-corrected chi connectivity index (χ1v) is 7.55. The van der Waals surface area contributed by atoms with Crippen molar-refractivity contribution in [2.45, 2.75) is 13.5 Å². The number of carbonyl (C=O) groups excluding carboxylic acids is 2. The second kappa shape index (κ2) is 8.01. The average molecular weight is 327 g/mol. The van der Waals surface area contributed by atoms with E-state index in [1.807, 2.05) is 43.3 Å². The molecule has 24 heavy (non-hydrogen) atoms. The van der Waals surface area contributed by atoms with Crippen molar-refractivity contribution in [3.63, 3.8) is 0 Å². The summed E-state index contributed by atoms with van der Waals surface area (Å²) in [6.45, 7) is 2.44. The minimum atomic E-state index is -0.516. The predicted molar refractivity (Wildman–Crippen MR) is 93.2 cm³/mol. The van der Waals surface area contributed by atoms with Gasteiger partial charge >= 0.3 is 12.1 Å². The van der Waals surface area contributed by atoms with Gasteiger partial charge in [0.15, 0.2) is 0 Å². The fourth-order valence-corrected chi connectivity index (χ4v) is 2.02. The fourth-order valence-electron chi connectivity index (χ4n) is 2.02. The zero-order chi connectivity index (χ0) is 17.5. The molecule has 2 N–H and O–H groups in total. The maximum atomic E-state index is 12.2. The van der Waals surface area contributed by atoms with Gasteiger partial charge in [-0.2, -0.15) is 0 Å². The third-order valence-electron chi connectivity index (χ3n) is 3.41. The van der Waals surface area contributed by atoms with E-state index >= 15 is 0 Å². The van der Waals surface area contributed by atoms with Crippen LogP contribution in [0.5, 0.6) is 5.75 Å². The van der Waals surface area contributed by atoms with Gasteiger partial charge in [0.05, 0.1) is 0 Å². The highest BCUT2D eigenvalue weighted by molar-refractivity contribution is 5.89. The molecule has 6 heteroatoms. The monoisotopic (exact) mass is 327 g/mol. The van der Waals surface area contributed by atoms with Crippen LogP contribution in [0.15, 0.2) is 48.5 Å². The molecule has 2 rings (SSSR count). The number of anilines is 1. The Kier molecular flexibility index (Phi) is 5.78. The topological polar surface area (TPSA) is 70.7 Å². The molecule has 0 saturated carbocycles. The number of nitrogens with zero attached hydrogens (tertiary/aromatic N) is 1. The molecule has 0 spiro atoms. The Hall–Kier alpha value is -3.02. The van der Waals surface area contributed by atoms with E-state index in [0.717, 1.165) is 16.8 Å². The highest BCUT2D eigenvalue weighted by atomic mass is 16.5. The predicted octanol–water partition coefficient (Wildman–Crippen LogP) is 3.38. The van der Waals surface area contributed by atoms with Gasteiger partial charge in [0.2, 0.25) is 0 Å². The van der Waals surface area contributed by atoms with Crippen molar-refractivity contribution in [1.29, 1.82) is 0 Å². The van der Waals surface area contributed by atoms with E-state index < -0.39 is 6.09 Å².